The van der Waals surface area contributed by atoms with Crippen molar-refractivity contribution in [3.63, 3.8) is 0 Å². The Kier molecular flexibility index (Phi) is 4.03. The Morgan fingerprint density at radius 1 is 1.42 bits per heavy atom. The van der Waals surface area contributed by atoms with Gasteiger partial charge in [-0.1, -0.05) is 0 Å². The minimum atomic E-state index is -4.50. The molecule has 2 rings (SSSR count). The van der Waals surface area contributed by atoms with Gasteiger partial charge in [-0.3, -0.25) is 5.41 Å². The van der Waals surface area contributed by atoms with E-state index in [1.54, 1.807) is 6.26 Å². The lowest BCUT2D eigenvalue weighted by molar-refractivity contribution is -0.141. The highest BCUT2D eigenvalue weighted by molar-refractivity contribution is 8.13. The third-order valence-electron chi connectivity index (χ3n) is 3.04. The van der Waals surface area contributed by atoms with E-state index >= 15 is 0 Å². The van der Waals surface area contributed by atoms with E-state index in [2.05, 4.69) is 10.3 Å². The van der Waals surface area contributed by atoms with Crippen LogP contribution in [0.25, 0.3) is 0 Å². The fourth-order valence-corrected chi connectivity index (χ4v) is 2.11. The van der Waals surface area contributed by atoms with Gasteiger partial charge >= 0.3 is 6.18 Å². The summed E-state index contributed by atoms with van der Waals surface area (Å²) in [5.41, 5.74) is -0.706. The smallest absolute Gasteiger partial charge is 0.367 e. The van der Waals surface area contributed by atoms with Crippen molar-refractivity contribution in [2.24, 2.45) is 0 Å². The second kappa shape index (κ2) is 5.40. The van der Waals surface area contributed by atoms with Gasteiger partial charge in [0.15, 0.2) is 0 Å². The van der Waals surface area contributed by atoms with Crippen molar-refractivity contribution >= 4 is 22.6 Å². The average Bonchev–Trinajstić information content (AvgIpc) is 2.31. The molecule has 1 aromatic heterocycles. The molecule has 104 valence electrons. The van der Waals surface area contributed by atoms with Crippen molar-refractivity contribution in [2.45, 2.75) is 31.5 Å². The van der Waals surface area contributed by atoms with Crippen LogP contribution in [0.4, 0.5) is 19.0 Å². The third kappa shape index (κ3) is 3.40. The van der Waals surface area contributed by atoms with Gasteiger partial charge in [0.1, 0.15) is 11.5 Å². The monoisotopic (exact) mass is 289 g/mol. The summed E-state index contributed by atoms with van der Waals surface area (Å²) in [6.45, 7) is 0. The topological polar surface area (TPSA) is 48.8 Å². The molecule has 0 saturated heterocycles. The maximum Gasteiger partial charge on any atom is 0.433 e. The number of halogens is 3. The molecule has 19 heavy (non-hydrogen) atoms. The molecule has 0 unspecified atom stereocenters. The molecule has 0 aliphatic heterocycles. The molecule has 2 N–H and O–H groups in total. The maximum absolute atomic E-state index is 12.8. The molecule has 1 aliphatic carbocycles. The molecule has 1 aliphatic rings. The van der Waals surface area contributed by atoms with E-state index in [-0.39, 0.29) is 22.5 Å². The Morgan fingerprint density at radius 3 is 2.58 bits per heavy atom. The van der Waals surface area contributed by atoms with E-state index in [4.69, 9.17) is 5.41 Å². The Morgan fingerprint density at radius 2 is 2.11 bits per heavy atom. The number of rotatable bonds is 3. The Balaban J connectivity index is 2.33. The fourth-order valence-electron chi connectivity index (χ4n) is 1.76. The van der Waals surface area contributed by atoms with Gasteiger partial charge in [0.2, 0.25) is 0 Å². The number of thioether (sulfide) groups is 1. The van der Waals surface area contributed by atoms with Crippen LogP contribution in [0, 0.1) is 5.41 Å². The van der Waals surface area contributed by atoms with Gasteiger partial charge in [-0.25, -0.2) is 4.98 Å². The molecule has 1 saturated carbocycles. The molecule has 1 aromatic rings. The minimum Gasteiger partial charge on any atom is -0.367 e. The summed E-state index contributed by atoms with van der Waals surface area (Å²) in [7, 11) is 0. The van der Waals surface area contributed by atoms with Crippen LogP contribution >= 0.6 is 11.8 Å². The molecule has 1 heterocycles. The second-order valence-electron chi connectivity index (χ2n) is 4.43. The number of nitrogens with one attached hydrogen (secondary N) is 2. The van der Waals surface area contributed by atoms with E-state index < -0.39 is 11.9 Å². The number of aromatic nitrogens is 1. The molecule has 0 atom stereocenters. The molecule has 0 aromatic carbocycles. The predicted octanol–water partition coefficient (Wildman–Crippen LogP) is 3.75. The summed E-state index contributed by atoms with van der Waals surface area (Å²) >= 11 is 1.10. The average molecular weight is 289 g/mol. The van der Waals surface area contributed by atoms with Gasteiger partial charge < -0.3 is 5.32 Å². The quantitative estimate of drug-likeness (QED) is 0.658. The molecule has 1 fully saturated rings. The molecular weight excluding hydrogens is 275 g/mol. The van der Waals surface area contributed by atoms with Crippen molar-refractivity contribution in [3.8, 4) is 0 Å². The summed E-state index contributed by atoms with van der Waals surface area (Å²) in [4.78, 5) is 3.60. The van der Waals surface area contributed by atoms with Gasteiger partial charge in [-0.2, -0.15) is 13.2 Å². The van der Waals surface area contributed by atoms with Gasteiger partial charge in [0, 0.05) is 11.6 Å². The van der Waals surface area contributed by atoms with E-state index in [0.717, 1.165) is 37.1 Å². The molecule has 3 nitrogen and oxygen atoms in total. The first-order chi connectivity index (χ1) is 8.90. The summed E-state index contributed by atoms with van der Waals surface area (Å²) in [6.07, 6.45) is 0.157. The van der Waals surface area contributed by atoms with Crippen LogP contribution in [-0.2, 0) is 6.18 Å². The summed E-state index contributed by atoms with van der Waals surface area (Å²) < 4.78 is 38.3. The molecule has 0 bridgehead atoms. The normalized spacial score (nSPS) is 16.0. The molecule has 7 heteroatoms. The van der Waals surface area contributed by atoms with Crippen LogP contribution in [0.1, 0.15) is 30.5 Å². The highest BCUT2D eigenvalue weighted by Crippen LogP contribution is 2.31. The van der Waals surface area contributed by atoms with Crippen LogP contribution in [0.15, 0.2) is 12.1 Å². The largest absolute Gasteiger partial charge is 0.433 e. The van der Waals surface area contributed by atoms with Crippen LogP contribution in [0.5, 0.6) is 0 Å². The van der Waals surface area contributed by atoms with Crippen LogP contribution in [-0.4, -0.2) is 22.3 Å². The first-order valence-corrected chi connectivity index (χ1v) is 7.11. The highest BCUT2D eigenvalue weighted by Gasteiger charge is 2.33. The van der Waals surface area contributed by atoms with Crippen molar-refractivity contribution < 1.29 is 13.2 Å². The molecule has 0 spiro atoms. The second-order valence-corrected chi connectivity index (χ2v) is 5.25. The van der Waals surface area contributed by atoms with Crippen molar-refractivity contribution in [2.75, 3.05) is 11.6 Å². The van der Waals surface area contributed by atoms with Gasteiger partial charge in [0.25, 0.3) is 0 Å². The van der Waals surface area contributed by atoms with Crippen molar-refractivity contribution in [1.82, 2.24) is 4.98 Å². The number of pyridine rings is 1. The van der Waals surface area contributed by atoms with Gasteiger partial charge in [-0.15, -0.1) is 11.8 Å². The van der Waals surface area contributed by atoms with Crippen LogP contribution in [0.3, 0.4) is 0 Å². The lowest BCUT2D eigenvalue weighted by Crippen LogP contribution is -2.28. The number of nitrogens with zero attached hydrogens (tertiary/aromatic N) is 1. The maximum atomic E-state index is 12.8. The van der Waals surface area contributed by atoms with Gasteiger partial charge in [-0.05, 0) is 37.7 Å². The zero-order chi connectivity index (χ0) is 14.0. The van der Waals surface area contributed by atoms with Crippen molar-refractivity contribution in [1.29, 1.82) is 5.41 Å². The van der Waals surface area contributed by atoms with E-state index in [9.17, 15) is 13.2 Å². The fraction of sp³-hybridized carbons (Fsp3) is 0.500. The minimum absolute atomic E-state index is 0.101. The van der Waals surface area contributed by atoms with Crippen LogP contribution < -0.4 is 5.32 Å². The lowest BCUT2D eigenvalue weighted by Gasteiger charge is -2.27. The summed E-state index contributed by atoms with van der Waals surface area (Å²) in [5, 5.41) is 10.8. The number of hydrogen-bond donors (Lipinski definition) is 2. The SMILES string of the molecule is CSC(=N)c1cc(NC2CCC2)nc(C(F)(F)F)c1. The zero-order valence-corrected chi connectivity index (χ0v) is 11.2. The Labute approximate surface area is 113 Å². The zero-order valence-electron chi connectivity index (χ0n) is 10.3. The van der Waals surface area contributed by atoms with Gasteiger partial charge in [0.05, 0.1) is 5.04 Å². The van der Waals surface area contributed by atoms with Crippen LogP contribution in [0.2, 0.25) is 0 Å². The van der Waals surface area contributed by atoms with E-state index in [0.29, 0.717) is 0 Å². The number of anilines is 1. The predicted molar refractivity (Wildman–Crippen MR) is 70.8 cm³/mol. The third-order valence-corrected chi connectivity index (χ3v) is 3.68. The van der Waals surface area contributed by atoms with Crippen molar-refractivity contribution in [3.05, 3.63) is 23.4 Å². The Bertz CT molecular complexity index is 484. The lowest BCUT2D eigenvalue weighted by atomic mass is 9.93. The number of hydrogen-bond acceptors (Lipinski definition) is 4. The molecular formula is C12H14F3N3S. The Hall–Kier alpha value is -1.24. The number of alkyl halides is 3. The molecule has 0 amide bonds. The first-order valence-electron chi connectivity index (χ1n) is 5.89. The summed E-state index contributed by atoms with van der Waals surface area (Å²) in [5.74, 6) is 0.202. The molecule has 0 radical (unpaired) electrons. The first kappa shape index (κ1) is 14.2. The standard InChI is InChI=1S/C12H14F3N3S/c1-19-11(16)7-5-9(12(13,14)15)18-10(6-7)17-8-3-2-4-8/h5-6,8,16H,2-4H2,1H3,(H,17,18). The summed E-state index contributed by atoms with van der Waals surface area (Å²) in [6, 6.07) is 2.63. The highest BCUT2D eigenvalue weighted by atomic mass is 32.2. The van der Waals surface area contributed by atoms with E-state index in [1.807, 2.05) is 0 Å². The van der Waals surface area contributed by atoms with E-state index in [1.165, 1.54) is 6.07 Å².